The van der Waals surface area contributed by atoms with Gasteiger partial charge in [0.05, 0.1) is 0 Å². The Morgan fingerprint density at radius 3 is 2.42 bits per heavy atom. The van der Waals surface area contributed by atoms with E-state index in [1.165, 1.54) is 38.4 Å². The molecular weight excluding hydrogens is 327 g/mol. The number of fused-ring (bicyclic) bond motifs is 1. The van der Waals surface area contributed by atoms with Crippen LogP contribution in [-0.2, 0) is 0 Å². The van der Waals surface area contributed by atoms with Crippen LogP contribution in [0.25, 0.3) is 21.9 Å². The molecule has 0 bridgehead atoms. The van der Waals surface area contributed by atoms with Crippen LogP contribution in [0.4, 0.5) is 15.9 Å². The molecule has 5 heteroatoms. The van der Waals surface area contributed by atoms with Gasteiger partial charge in [0.15, 0.2) is 0 Å². The fraction of sp³-hybridized carbons (Fsp3) is 0.286. The Hall–Kier alpha value is -2.66. The predicted octanol–water partition coefficient (Wildman–Crippen LogP) is 4.27. The van der Waals surface area contributed by atoms with E-state index in [1.54, 1.807) is 24.4 Å². The second-order valence-electron chi connectivity index (χ2n) is 6.64. The van der Waals surface area contributed by atoms with Crippen molar-refractivity contribution in [2.24, 2.45) is 0 Å². The van der Waals surface area contributed by atoms with Crippen molar-refractivity contribution in [2.75, 3.05) is 24.6 Å². The molecule has 0 spiro atoms. The monoisotopic (exact) mass is 352 g/mol. The third kappa shape index (κ3) is 4.11. The molecule has 3 aromatic rings. The van der Waals surface area contributed by atoms with E-state index in [0.29, 0.717) is 17.1 Å². The minimum absolute atomic E-state index is 0.257. The van der Waals surface area contributed by atoms with Crippen molar-refractivity contribution in [1.29, 1.82) is 0 Å². The van der Waals surface area contributed by atoms with Gasteiger partial charge in [-0.25, -0.2) is 9.37 Å². The zero-order valence-corrected chi connectivity index (χ0v) is 15.1. The minimum atomic E-state index is -0.257. The molecule has 1 fully saturated rings. The third-order valence-electron chi connectivity index (χ3n) is 4.61. The Kier molecular flexibility index (Phi) is 5.68. The van der Waals surface area contributed by atoms with Crippen molar-refractivity contribution >= 4 is 22.3 Å². The maximum absolute atomic E-state index is 14.1. The van der Waals surface area contributed by atoms with E-state index in [0.717, 1.165) is 21.9 Å². The summed E-state index contributed by atoms with van der Waals surface area (Å²) in [4.78, 5) is 4.06. The number of nitrogens with two attached hydrogens (primary N) is 2. The summed E-state index contributed by atoms with van der Waals surface area (Å²) in [6, 6.07) is 10.4. The Bertz CT molecular complexity index is 872. The lowest BCUT2D eigenvalue weighted by Crippen LogP contribution is -2.21. The zero-order chi connectivity index (χ0) is 18.5. The molecule has 0 amide bonds. The number of benzene rings is 2. The quantitative estimate of drug-likeness (QED) is 0.572. The summed E-state index contributed by atoms with van der Waals surface area (Å²) >= 11 is 0. The van der Waals surface area contributed by atoms with E-state index >= 15 is 0 Å². The lowest BCUT2D eigenvalue weighted by atomic mass is 9.97. The number of aryl methyl sites for hydroxylation is 1. The van der Waals surface area contributed by atoms with Gasteiger partial charge in [0.1, 0.15) is 11.6 Å². The zero-order valence-electron chi connectivity index (χ0n) is 15.1. The van der Waals surface area contributed by atoms with Crippen molar-refractivity contribution in [1.82, 2.24) is 10.3 Å². The van der Waals surface area contributed by atoms with Crippen molar-refractivity contribution < 1.29 is 4.39 Å². The summed E-state index contributed by atoms with van der Waals surface area (Å²) in [6.07, 6.45) is 5.87. The van der Waals surface area contributed by atoms with Crippen LogP contribution >= 0.6 is 0 Å². The van der Waals surface area contributed by atoms with E-state index in [9.17, 15) is 4.39 Å². The van der Waals surface area contributed by atoms with Gasteiger partial charge < -0.3 is 16.8 Å². The molecule has 1 saturated heterocycles. The summed E-state index contributed by atoms with van der Waals surface area (Å²) in [5.74, 6) is 0.158. The Morgan fingerprint density at radius 2 is 1.81 bits per heavy atom. The van der Waals surface area contributed by atoms with Gasteiger partial charge in [-0.1, -0.05) is 18.6 Å². The molecule has 1 aliphatic heterocycles. The number of aromatic nitrogens is 1. The van der Waals surface area contributed by atoms with Gasteiger partial charge in [0.25, 0.3) is 0 Å². The Labute approximate surface area is 153 Å². The standard InChI is InChI=1S/C16H14FN3.C5H11N/c1-9-3-2-4-13(17)16(9)10-5-11-8-20-15(19)7-12(11)14(18)6-10;1-2-4-6-5-3-1/h2-8H,18H2,1H3,(H2,19,20);6H,1-5H2. The highest BCUT2D eigenvalue weighted by atomic mass is 19.1. The summed E-state index contributed by atoms with van der Waals surface area (Å²) in [6.45, 7) is 4.38. The first-order valence-electron chi connectivity index (χ1n) is 8.97. The predicted molar refractivity (Wildman–Crippen MR) is 107 cm³/mol. The lowest BCUT2D eigenvalue weighted by Gasteiger charge is -2.11. The van der Waals surface area contributed by atoms with E-state index in [1.807, 2.05) is 19.1 Å². The van der Waals surface area contributed by atoms with Gasteiger partial charge in [0.2, 0.25) is 0 Å². The molecule has 2 aromatic carbocycles. The number of hydrogen-bond acceptors (Lipinski definition) is 4. The number of nitrogens with zero attached hydrogens (tertiary/aromatic N) is 1. The maximum Gasteiger partial charge on any atom is 0.131 e. The second-order valence-corrected chi connectivity index (χ2v) is 6.64. The van der Waals surface area contributed by atoms with Crippen LogP contribution < -0.4 is 16.8 Å². The average Bonchev–Trinajstić information content (AvgIpc) is 2.64. The molecule has 0 saturated carbocycles. The highest BCUT2D eigenvalue weighted by Crippen LogP contribution is 2.32. The molecule has 1 aromatic heterocycles. The second kappa shape index (κ2) is 8.15. The Balaban J connectivity index is 0.000000278. The van der Waals surface area contributed by atoms with E-state index in [4.69, 9.17) is 11.5 Å². The fourth-order valence-corrected chi connectivity index (χ4v) is 3.25. The molecule has 0 radical (unpaired) electrons. The first-order valence-corrected chi connectivity index (χ1v) is 8.97. The number of halogens is 1. The molecule has 0 unspecified atom stereocenters. The molecular formula is C21H25FN4. The highest BCUT2D eigenvalue weighted by molar-refractivity contribution is 5.97. The number of piperidine rings is 1. The molecule has 2 heterocycles. The maximum atomic E-state index is 14.1. The van der Waals surface area contributed by atoms with Crippen LogP contribution in [0, 0.1) is 12.7 Å². The largest absolute Gasteiger partial charge is 0.398 e. The van der Waals surface area contributed by atoms with Gasteiger partial charge in [-0.2, -0.15) is 0 Å². The fourth-order valence-electron chi connectivity index (χ4n) is 3.25. The average molecular weight is 352 g/mol. The van der Waals surface area contributed by atoms with Crippen LogP contribution in [-0.4, -0.2) is 18.1 Å². The lowest BCUT2D eigenvalue weighted by molar-refractivity contribution is 0.520. The number of rotatable bonds is 1. The smallest absolute Gasteiger partial charge is 0.131 e. The van der Waals surface area contributed by atoms with E-state index in [-0.39, 0.29) is 5.82 Å². The molecule has 5 N–H and O–H groups in total. The van der Waals surface area contributed by atoms with E-state index < -0.39 is 0 Å². The van der Waals surface area contributed by atoms with E-state index in [2.05, 4.69) is 10.3 Å². The topological polar surface area (TPSA) is 77.0 Å². The molecule has 1 aliphatic rings. The number of hydrogen-bond donors (Lipinski definition) is 3. The van der Waals surface area contributed by atoms with Gasteiger partial charge >= 0.3 is 0 Å². The first-order chi connectivity index (χ1) is 12.6. The molecule has 4 rings (SSSR count). The summed E-state index contributed by atoms with van der Waals surface area (Å²) in [5.41, 5.74) is 14.5. The van der Waals surface area contributed by atoms with Crippen LogP contribution in [0.1, 0.15) is 24.8 Å². The third-order valence-corrected chi connectivity index (χ3v) is 4.61. The summed E-state index contributed by atoms with van der Waals surface area (Å²) < 4.78 is 14.1. The number of pyridine rings is 1. The molecule has 136 valence electrons. The molecule has 26 heavy (non-hydrogen) atoms. The number of nitrogens with one attached hydrogen (secondary N) is 1. The van der Waals surface area contributed by atoms with Crippen molar-refractivity contribution in [3.8, 4) is 11.1 Å². The molecule has 0 atom stereocenters. The molecule has 0 aliphatic carbocycles. The van der Waals surface area contributed by atoms with Crippen molar-refractivity contribution in [3.63, 3.8) is 0 Å². The van der Waals surface area contributed by atoms with Crippen molar-refractivity contribution in [3.05, 3.63) is 54.0 Å². The molecule has 4 nitrogen and oxygen atoms in total. The van der Waals surface area contributed by atoms with Crippen LogP contribution in [0.15, 0.2) is 42.6 Å². The summed E-state index contributed by atoms with van der Waals surface area (Å²) in [7, 11) is 0. The minimum Gasteiger partial charge on any atom is -0.398 e. The van der Waals surface area contributed by atoms with Gasteiger partial charge in [-0.05, 0) is 68.2 Å². The first kappa shape index (κ1) is 18.1. The van der Waals surface area contributed by atoms with Gasteiger partial charge in [-0.15, -0.1) is 0 Å². The highest BCUT2D eigenvalue weighted by Gasteiger charge is 2.11. The Morgan fingerprint density at radius 1 is 1.04 bits per heavy atom. The van der Waals surface area contributed by atoms with Crippen LogP contribution in [0.3, 0.4) is 0 Å². The van der Waals surface area contributed by atoms with Gasteiger partial charge in [-0.3, -0.25) is 0 Å². The van der Waals surface area contributed by atoms with Crippen LogP contribution in [0.5, 0.6) is 0 Å². The van der Waals surface area contributed by atoms with Crippen molar-refractivity contribution in [2.45, 2.75) is 26.2 Å². The van der Waals surface area contributed by atoms with Crippen LogP contribution in [0.2, 0.25) is 0 Å². The normalized spacial score (nSPS) is 13.9. The number of nitrogen functional groups attached to an aromatic ring is 2. The number of anilines is 2. The SMILES string of the molecule is C1CCNCC1.Cc1cccc(F)c1-c1cc(N)c2cc(N)ncc2c1. The van der Waals surface area contributed by atoms with Gasteiger partial charge in [0, 0.05) is 28.2 Å². The summed E-state index contributed by atoms with van der Waals surface area (Å²) in [5, 5.41) is 4.96.